The van der Waals surface area contributed by atoms with Crippen LogP contribution in [0.3, 0.4) is 0 Å². The van der Waals surface area contributed by atoms with Crippen molar-refractivity contribution in [2.24, 2.45) is 0 Å². The number of morpholine rings is 1. The van der Waals surface area contributed by atoms with Gasteiger partial charge in [0.25, 0.3) is 0 Å². The summed E-state index contributed by atoms with van der Waals surface area (Å²) < 4.78 is 7.29. The van der Waals surface area contributed by atoms with E-state index in [-0.39, 0.29) is 18.1 Å². The van der Waals surface area contributed by atoms with Gasteiger partial charge in [0.2, 0.25) is 5.91 Å². The van der Waals surface area contributed by atoms with Crippen molar-refractivity contribution in [1.82, 2.24) is 20.4 Å². The van der Waals surface area contributed by atoms with Crippen LogP contribution in [0.1, 0.15) is 12.5 Å². The number of nitrogens with one attached hydrogen (secondary N) is 2. The molecule has 1 fully saturated rings. The molecule has 0 radical (unpaired) electrons. The molecule has 0 saturated carbocycles. The fourth-order valence-corrected chi connectivity index (χ4v) is 2.51. The summed E-state index contributed by atoms with van der Waals surface area (Å²) in [5.41, 5.74) is 2.05. The third-order valence-electron chi connectivity index (χ3n) is 3.77. The van der Waals surface area contributed by atoms with Crippen LogP contribution in [0.5, 0.6) is 0 Å². The van der Waals surface area contributed by atoms with Crippen molar-refractivity contribution in [2.75, 3.05) is 13.2 Å². The number of carbonyl (C=O) groups excluding carboxylic acids is 1. The minimum Gasteiger partial charge on any atom is -0.375 e. The summed E-state index contributed by atoms with van der Waals surface area (Å²) in [6, 6.07) is 9.56. The lowest BCUT2D eigenvalue weighted by Gasteiger charge is -2.29. The predicted molar refractivity (Wildman–Crippen MR) is 82.6 cm³/mol. The molecule has 2 atom stereocenters. The topological polar surface area (TPSA) is 68.2 Å². The second-order valence-electron chi connectivity index (χ2n) is 5.34. The number of hydrogen-bond acceptors (Lipinski definition) is 4. The number of ether oxygens (including phenoxy) is 1. The minimum absolute atomic E-state index is 0.0247. The molecular weight excluding hydrogens is 280 g/mol. The first kappa shape index (κ1) is 14.7. The SMILES string of the molecule is C[C@H]1OCCN[C@@H]1C(=O)NCc1ccc(-n2cccn2)cc1. The molecule has 0 bridgehead atoms. The first-order valence-electron chi connectivity index (χ1n) is 7.46. The summed E-state index contributed by atoms with van der Waals surface area (Å²) in [5.74, 6) is -0.0247. The maximum absolute atomic E-state index is 12.2. The molecule has 1 aliphatic rings. The Hall–Kier alpha value is -2.18. The Bertz CT molecular complexity index is 610. The summed E-state index contributed by atoms with van der Waals surface area (Å²) in [4.78, 5) is 12.2. The molecule has 3 rings (SSSR count). The first-order chi connectivity index (χ1) is 10.7. The van der Waals surface area contributed by atoms with E-state index >= 15 is 0 Å². The van der Waals surface area contributed by atoms with E-state index in [1.807, 2.05) is 43.5 Å². The van der Waals surface area contributed by atoms with Crippen LogP contribution in [0.4, 0.5) is 0 Å². The zero-order valence-electron chi connectivity index (χ0n) is 12.5. The molecule has 2 N–H and O–H groups in total. The maximum Gasteiger partial charge on any atom is 0.240 e. The van der Waals surface area contributed by atoms with Gasteiger partial charge in [0.1, 0.15) is 6.04 Å². The van der Waals surface area contributed by atoms with Crippen molar-refractivity contribution >= 4 is 5.91 Å². The molecule has 1 saturated heterocycles. The van der Waals surface area contributed by atoms with Crippen molar-refractivity contribution in [3.05, 3.63) is 48.3 Å². The highest BCUT2D eigenvalue weighted by atomic mass is 16.5. The van der Waals surface area contributed by atoms with Crippen molar-refractivity contribution in [3.8, 4) is 5.69 Å². The molecular formula is C16H20N4O2. The maximum atomic E-state index is 12.2. The molecule has 1 amide bonds. The largest absolute Gasteiger partial charge is 0.375 e. The summed E-state index contributed by atoms with van der Waals surface area (Å²) >= 11 is 0. The lowest BCUT2D eigenvalue weighted by Crippen LogP contribution is -2.55. The van der Waals surface area contributed by atoms with Gasteiger partial charge in [-0.3, -0.25) is 4.79 Å². The smallest absolute Gasteiger partial charge is 0.240 e. The van der Waals surface area contributed by atoms with Gasteiger partial charge in [-0.15, -0.1) is 0 Å². The van der Waals surface area contributed by atoms with E-state index in [0.29, 0.717) is 19.7 Å². The van der Waals surface area contributed by atoms with Gasteiger partial charge in [0.05, 0.1) is 18.4 Å². The number of rotatable bonds is 4. The molecule has 6 nitrogen and oxygen atoms in total. The highest BCUT2D eigenvalue weighted by Crippen LogP contribution is 2.09. The summed E-state index contributed by atoms with van der Waals surface area (Å²) in [7, 11) is 0. The van der Waals surface area contributed by atoms with Gasteiger partial charge in [-0.1, -0.05) is 12.1 Å². The van der Waals surface area contributed by atoms with Gasteiger partial charge < -0.3 is 15.4 Å². The van der Waals surface area contributed by atoms with Gasteiger partial charge in [0, 0.05) is 25.5 Å². The van der Waals surface area contributed by atoms with Crippen molar-refractivity contribution in [2.45, 2.75) is 25.6 Å². The Morgan fingerprint density at radius 1 is 1.45 bits per heavy atom. The quantitative estimate of drug-likeness (QED) is 0.879. The molecule has 6 heteroatoms. The lowest BCUT2D eigenvalue weighted by molar-refractivity contribution is -0.129. The molecule has 22 heavy (non-hydrogen) atoms. The second kappa shape index (κ2) is 6.72. The lowest BCUT2D eigenvalue weighted by atomic mass is 10.1. The Morgan fingerprint density at radius 2 is 2.27 bits per heavy atom. The highest BCUT2D eigenvalue weighted by molar-refractivity contribution is 5.82. The van der Waals surface area contributed by atoms with Crippen LogP contribution in [-0.4, -0.2) is 41.0 Å². The van der Waals surface area contributed by atoms with Crippen LogP contribution in [-0.2, 0) is 16.1 Å². The van der Waals surface area contributed by atoms with Crippen molar-refractivity contribution in [1.29, 1.82) is 0 Å². The Kier molecular flexibility index (Phi) is 4.50. The van der Waals surface area contributed by atoms with E-state index in [9.17, 15) is 4.79 Å². The monoisotopic (exact) mass is 300 g/mol. The summed E-state index contributed by atoms with van der Waals surface area (Å²) in [5, 5.41) is 10.3. The van der Waals surface area contributed by atoms with E-state index in [1.54, 1.807) is 10.9 Å². The number of hydrogen-bond donors (Lipinski definition) is 2. The van der Waals surface area contributed by atoms with Gasteiger partial charge in [-0.2, -0.15) is 5.10 Å². The van der Waals surface area contributed by atoms with E-state index in [1.165, 1.54) is 0 Å². The van der Waals surface area contributed by atoms with Crippen LogP contribution in [0.2, 0.25) is 0 Å². The molecule has 2 aromatic rings. The minimum atomic E-state index is -0.280. The average molecular weight is 300 g/mol. The standard InChI is InChI=1S/C16H20N4O2/c1-12-15(17-8-10-22-12)16(21)18-11-13-3-5-14(6-4-13)20-9-2-7-19-20/h2-7,9,12,15,17H,8,10-11H2,1H3,(H,18,21)/t12-,15+/m1/s1. The highest BCUT2D eigenvalue weighted by Gasteiger charge is 2.27. The van der Waals surface area contributed by atoms with E-state index in [4.69, 9.17) is 4.74 Å². The molecule has 0 aliphatic carbocycles. The zero-order valence-corrected chi connectivity index (χ0v) is 12.5. The van der Waals surface area contributed by atoms with Crippen molar-refractivity contribution < 1.29 is 9.53 Å². The first-order valence-corrected chi connectivity index (χ1v) is 7.46. The third-order valence-corrected chi connectivity index (χ3v) is 3.77. The molecule has 116 valence electrons. The van der Waals surface area contributed by atoms with E-state index in [2.05, 4.69) is 15.7 Å². The normalized spacial score (nSPS) is 21.5. The Labute approximate surface area is 129 Å². The van der Waals surface area contributed by atoms with Gasteiger partial charge in [-0.25, -0.2) is 4.68 Å². The van der Waals surface area contributed by atoms with Crippen LogP contribution < -0.4 is 10.6 Å². The Morgan fingerprint density at radius 3 is 2.95 bits per heavy atom. The van der Waals surface area contributed by atoms with Gasteiger partial charge >= 0.3 is 0 Å². The predicted octanol–water partition coefficient (Wildman–Crippen LogP) is 0.865. The number of nitrogens with zero attached hydrogens (tertiary/aromatic N) is 2. The Balaban J connectivity index is 1.56. The molecule has 1 aromatic heterocycles. The number of aromatic nitrogens is 2. The van der Waals surface area contributed by atoms with Crippen LogP contribution in [0, 0.1) is 0 Å². The number of amides is 1. The average Bonchev–Trinajstić information content (AvgIpc) is 3.08. The zero-order chi connectivity index (χ0) is 15.4. The fraction of sp³-hybridized carbons (Fsp3) is 0.375. The van der Waals surface area contributed by atoms with Crippen LogP contribution in [0.25, 0.3) is 5.69 Å². The molecule has 0 unspecified atom stereocenters. The summed E-state index contributed by atoms with van der Waals surface area (Å²) in [6.07, 6.45) is 3.54. The van der Waals surface area contributed by atoms with Crippen LogP contribution in [0.15, 0.2) is 42.7 Å². The van der Waals surface area contributed by atoms with Gasteiger partial charge in [0.15, 0.2) is 0 Å². The third kappa shape index (κ3) is 3.35. The van der Waals surface area contributed by atoms with Crippen molar-refractivity contribution in [3.63, 3.8) is 0 Å². The molecule has 1 aliphatic heterocycles. The van der Waals surface area contributed by atoms with Crippen LogP contribution >= 0.6 is 0 Å². The summed E-state index contributed by atoms with van der Waals surface area (Å²) in [6.45, 7) is 3.78. The molecule has 1 aromatic carbocycles. The fourth-order valence-electron chi connectivity index (χ4n) is 2.51. The molecule has 0 spiro atoms. The second-order valence-corrected chi connectivity index (χ2v) is 5.34. The molecule has 2 heterocycles. The van der Waals surface area contributed by atoms with E-state index < -0.39 is 0 Å². The van der Waals surface area contributed by atoms with Gasteiger partial charge in [-0.05, 0) is 30.7 Å². The number of carbonyl (C=O) groups is 1. The van der Waals surface area contributed by atoms with E-state index in [0.717, 1.165) is 11.3 Å². The number of benzene rings is 1.